The number of Topliss-reactive ketones (excluding diaryl/α,β-unsaturated/α-hetero) is 1. The lowest BCUT2D eigenvalue weighted by Gasteiger charge is -2.24. The first-order valence-corrected chi connectivity index (χ1v) is 8.30. The van der Waals surface area contributed by atoms with Crippen molar-refractivity contribution in [2.24, 2.45) is 0 Å². The lowest BCUT2D eigenvalue weighted by atomic mass is 9.98. The molecule has 0 unspecified atom stereocenters. The largest absolute Gasteiger partial charge is 0.507 e. The Bertz CT molecular complexity index is 844. The number of aromatic nitrogens is 1. The van der Waals surface area contributed by atoms with Crippen LogP contribution in [0.3, 0.4) is 0 Å². The average molecular weight is 352 g/mol. The van der Waals surface area contributed by atoms with Crippen LogP contribution in [-0.2, 0) is 14.3 Å². The number of aliphatic hydroxyl groups excluding tert-OH is 1. The second-order valence-electron chi connectivity index (χ2n) is 6.11. The number of pyridine rings is 1. The molecule has 1 fully saturated rings. The van der Waals surface area contributed by atoms with E-state index >= 15 is 0 Å². The van der Waals surface area contributed by atoms with Gasteiger partial charge >= 0.3 is 0 Å². The number of hydrogen-bond acceptors (Lipinski definition) is 5. The number of rotatable bonds is 5. The maximum Gasteiger partial charge on any atom is 0.295 e. The van der Waals surface area contributed by atoms with E-state index < -0.39 is 17.7 Å². The lowest BCUT2D eigenvalue weighted by Crippen LogP contribution is -2.33. The summed E-state index contributed by atoms with van der Waals surface area (Å²) in [7, 11) is 1.53. The fourth-order valence-electron chi connectivity index (χ4n) is 3.01. The minimum Gasteiger partial charge on any atom is -0.507 e. The molecule has 134 valence electrons. The van der Waals surface area contributed by atoms with Crippen molar-refractivity contribution < 1.29 is 19.4 Å². The Balaban J connectivity index is 2.14. The normalized spacial score (nSPS) is 19.2. The quantitative estimate of drug-likeness (QED) is 0.508. The number of benzene rings is 1. The van der Waals surface area contributed by atoms with Crippen LogP contribution in [0.25, 0.3) is 5.76 Å². The fourth-order valence-corrected chi connectivity index (χ4v) is 3.01. The molecule has 1 N–H and O–H groups in total. The topological polar surface area (TPSA) is 79.7 Å². The van der Waals surface area contributed by atoms with Crippen LogP contribution in [-0.4, -0.2) is 46.9 Å². The summed E-state index contributed by atoms with van der Waals surface area (Å²) in [6, 6.07) is 11.7. The molecule has 0 aliphatic carbocycles. The maximum atomic E-state index is 12.7. The van der Waals surface area contributed by atoms with Gasteiger partial charge in [0, 0.05) is 25.4 Å². The van der Waals surface area contributed by atoms with Gasteiger partial charge in [-0.25, -0.2) is 0 Å². The smallest absolute Gasteiger partial charge is 0.295 e. The number of hydrogen-bond donors (Lipinski definition) is 1. The molecule has 1 aliphatic rings. The van der Waals surface area contributed by atoms with Crippen LogP contribution in [0.5, 0.6) is 0 Å². The van der Waals surface area contributed by atoms with Gasteiger partial charge in [-0.1, -0.05) is 35.9 Å². The first kappa shape index (κ1) is 17.8. The minimum atomic E-state index is -0.743. The van der Waals surface area contributed by atoms with Crippen molar-refractivity contribution in [2.75, 3.05) is 20.3 Å². The molecular weight excluding hydrogens is 332 g/mol. The molecule has 1 aromatic carbocycles. The molecule has 0 saturated carbocycles. The number of likely N-dealkylation sites (tertiary alicyclic amines) is 1. The first-order valence-electron chi connectivity index (χ1n) is 8.30. The Labute approximate surface area is 151 Å². The van der Waals surface area contributed by atoms with Crippen molar-refractivity contribution in [3.8, 4) is 0 Å². The molecular formula is C20H20N2O4. The van der Waals surface area contributed by atoms with Crippen molar-refractivity contribution >= 4 is 17.4 Å². The van der Waals surface area contributed by atoms with Crippen LogP contribution in [0.4, 0.5) is 0 Å². The van der Waals surface area contributed by atoms with E-state index in [1.165, 1.54) is 12.0 Å². The summed E-state index contributed by atoms with van der Waals surface area (Å²) in [6.45, 7) is 2.44. The SMILES string of the molecule is COCCN1C(=O)C(=O)C(=C(O)c2ccc(C)cc2)[C@@H]1c1ccccn1. The van der Waals surface area contributed by atoms with Gasteiger partial charge in [-0.3, -0.25) is 14.6 Å². The summed E-state index contributed by atoms with van der Waals surface area (Å²) >= 11 is 0. The van der Waals surface area contributed by atoms with Crippen LogP contribution in [0.15, 0.2) is 54.2 Å². The third-order valence-corrected chi connectivity index (χ3v) is 4.37. The number of ketones is 1. The molecule has 2 aromatic rings. The third-order valence-electron chi connectivity index (χ3n) is 4.37. The van der Waals surface area contributed by atoms with Crippen molar-refractivity contribution in [3.05, 3.63) is 71.1 Å². The molecule has 1 aromatic heterocycles. The summed E-state index contributed by atoms with van der Waals surface area (Å²) in [6.07, 6.45) is 1.59. The van der Waals surface area contributed by atoms with E-state index in [4.69, 9.17) is 4.74 Å². The maximum absolute atomic E-state index is 12.7. The molecule has 6 nitrogen and oxygen atoms in total. The number of carbonyl (C=O) groups excluding carboxylic acids is 2. The van der Waals surface area contributed by atoms with Gasteiger partial charge in [0.1, 0.15) is 11.8 Å². The van der Waals surface area contributed by atoms with Gasteiger partial charge in [-0.05, 0) is 19.1 Å². The molecule has 2 heterocycles. The predicted octanol–water partition coefficient (Wildman–Crippen LogP) is 2.46. The van der Waals surface area contributed by atoms with Crippen LogP contribution < -0.4 is 0 Å². The highest BCUT2D eigenvalue weighted by Gasteiger charge is 2.46. The van der Waals surface area contributed by atoms with E-state index in [0.29, 0.717) is 11.3 Å². The zero-order valence-electron chi connectivity index (χ0n) is 14.7. The number of ether oxygens (including phenoxy) is 1. The second kappa shape index (κ2) is 7.49. The van der Waals surface area contributed by atoms with Crippen molar-refractivity contribution in [1.29, 1.82) is 0 Å². The number of aliphatic hydroxyl groups is 1. The van der Waals surface area contributed by atoms with Gasteiger partial charge in [0.15, 0.2) is 0 Å². The fraction of sp³-hybridized carbons (Fsp3) is 0.250. The Hall–Kier alpha value is -2.99. The van der Waals surface area contributed by atoms with Gasteiger partial charge in [0.05, 0.1) is 17.9 Å². The van der Waals surface area contributed by atoms with Gasteiger partial charge in [-0.15, -0.1) is 0 Å². The zero-order valence-corrected chi connectivity index (χ0v) is 14.7. The van der Waals surface area contributed by atoms with Crippen LogP contribution >= 0.6 is 0 Å². The zero-order chi connectivity index (χ0) is 18.7. The number of nitrogens with zero attached hydrogens (tertiary/aromatic N) is 2. The summed E-state index contributed by atoms with van der Waals surface area (Å²) in [5.74, 6) is -1.57. The van der Waals surface area contributed by atoms with E-state index in [1.54, 1.807) is 36.5 Å². The van der Waals surface area contributed by atoms with Crippen LogP contribution in [0.2, 0.25) is 0 Å². The third kappa shape index (κ3) is 3.23. The monoisotopic (exact) mass is 352 g/mol. The van der Waals surface area contributed by atoms with Gasteiger partial charge in [0.25, 0.3) is 11.7 Å². The van der Waals surface area contributed by atoms with E-state index in [9.17, 15) is 14.7 Å². The Kier molecular flexibility index (Phi) is 5.14. The molecule has 0 bridgehead atoms. The lowest BCUT2D eigenvalue weighted by molar-refractivity contribution is -0.140. The predicted molar refractivity (Wildman–Crippen MR) is 96.3 cm³/mol. The summed E-state index contributed by atoms with van der Waals surface area (Å²) in [5.41, 5.74) is 2.09. The highest BCUT2D eigenvalue weighted by atomic mass is 16.5. The van der Waals surface area contributed by atoms with E-state index in [0.717, 1.165) is 5.56 Å². The average Bonchev–Trinajstić information content (AvgIpc) is 2.91. The summed E-state index contributed by atoms with van der Waals surface area (Å²) in [5, 5.41) is 10.8. The van der Waals surface area contributed by atoms with Crippen LogP contribution in [0, 0.1) is 6.92 Å². The molecule has 26 heavy (non-hydrogen) atoms. The highest BCUT2D eigenvalue weighted by Crippen LogP contribution is 2.38. The van der Waals surface area contributed by atoms with Crippen molar-refractivity contribution in [2.45, 2.75) is 13.0 Å². The number of amides is 1. The highest BCUT2D eigenvalue weighted by molar-refractivity contribution is 6.46. The number of aryl methyl sites for hydroxylation is 1. The molecule has 0 spiro atoms. The standard InChI is InChI=1S/C20H20N2O4/c1-13-6-8-14(9-7-13)18(23)16-17(15-5-3-4-10-21-15)22(11-12-26-2)20(25)19(16)24/h3-10,17,23H,11-12H2,1-2H3/t17-/m0/s1. The minimum absolute atomic E-state index is 0.0497. The van der Waals surface area contributed by atoms with Gasteiger partial charge in [0.2, 0.25) is 0 Å². The van der Waals surface area contributed by atoms with Gasteiger partial charge in [-0.2, -0.15) is 0 Å². The second-order valence-corrected chi connectivity index (χ2v) is 6.11. The molecule has 3 rings (SSSR count). The van der Waals surface area contributed by atoms with E-state index in [-0.39, 0.29) is 24.5 Å². The van der Waals surface area contributed by atoms with E-state index in [2.05, 4.69) is 4.98 Å². The Morgan fingerprint density at radius 1 is 1.19 bits per heavy atom. The number of carbonyl (C=O) groups is 2. The molecule has 1 aliphatic heterocycles. The first-order chi connectivity index (χ1) is 12.5. The van der Waals surface area contributed by atoms with Crippen LogP contribution in [0.1, 0.15) is 22.9 Å². The molecule has 6 heteroatoms. The molecule has 0 radical (unpaired) electrons. The molecule has 1 amide bonds. The Morgan fingerprint density at radius 2 is 1.92 bits per heavy atom. The van der Waals surface area contributed by atoms with Crippen molar-refractivity contribution in [1.82, 2.24) is 9.88 Å². The van der Waals surface area contributed by atoms with Crippen molar-refractivity contribution in [3.63, 3.8) is 0 Å². The number of methoxy groups -OCH3 is 1. The summed E-state index contributed by atoms with van der Waals surface area (Å²) < 4.78 is 5.06. The van der Waals surface area contributed by atoms with E-state index in [1.807, 2.05) is 19.1 Å². The summed E-state index contributed by atoms with van der Waals surface area (Å²) in [4.78, 5) is 30.9. The Morgan fingerprint density at radius 3 is 2.54 bits per heavy atom. The molecule has 1 saturated heterocycles. The molecule has 1 atom stereocenters. The van der Waals surface area contributed by atoms with Gasteiger partial charge < -0.3 is 14.7 Å².